The fraction of sp³-hybridized carbons (Fsp3) is 0.217. The predicted octanol–water partition coefficient (Wildman–Crippen LogP) is 4.66. The Labute approximate surface area is 173 Å². The van der Waals surface area contributed by atoms with Crippen LogP contribution in [0.2, 0.25) is 0 Å². The number of aromatic nitrogens is 2. The van der Waals surface area contributed by atoms with Gasteiger partial charge in [0.15, 0.2) is 0 Å². The lowest BCUT2D eigenvalue weighted by Gasteiger charge is -2.23. The maximum Gasteiger partial charge on any atom is 0.251 e. The monoisotopic (exact) mass is 403 g/mol. The molecule has 4 aromatic rings. The van der Waals surface area contributed by atoms with Crippen molar-refractivity contribution >= 4 is 28.3 Å². The van der Waals surface area contributed by atoms with E-state index in [9.17, 15) is 4.79 Å². The summed E-state index contributed by atoms with van der Waals surface area (Å²) in [5.41, 5.74) is 5.88. The molecule has 6 heteroatoms. The van der Waals surface area contributed by atoms with Crippen LogP contribution in [0, 0.1) is 0 Å². The van der Waals surface area contributed by atoms with E-state index in [2.05, 4.69) is 56.0 Å². The molecule has 0 radical (unpaired) electrons. The molecular weight excluding hydrogens is 382 g/mol. The molecule has 0 aliphatic carbocycles. The number of hydrogen-bond donors (Lipinski definition) is 1. The van der Waals surface area contributed by atoms with Crippen LogP contribution in [0.1, 0.15) is 23.2 Å². The minimum atomic E-state index is -0.0483. The van der Waals surface area contributed by atoms with Crippen molar-refractivity contribution in [2.45, 2.75) is 18.9 Å². The molecule has 5 rings (SSSR count). The minimum absolute atomic E-state index is 0.0483. The Balaban J connectivity index is 1.42. The van der Waals surface area contributed by atoms with E-state index in [0.717, 1.165) is 29.6 Å². The molecule has 1 amide bonds. The van der Waals surface area contributed by atoms with Gasteiger partial charge >= 0.3 is 0 Å². The van der Waals surface area contributed by atoms with Gasteiger partial charge in [0.05, 0.1) is 11.0 Å². The molecule has 1 aliphatic rings. The van der Waals surface area contributed by atoms with Crippen LogP contribution in [0.25, 0.3) is 27.8 Å². The van der Waals surface area contributed by atoms with E-state index in [1.807, 2.05) is 24.5 Å². The van der Waals surface area contributed by atoms with Crippen LogP contribution < -0.4 is 5.32 Å². The predicted molar refractivity (Wildman–Crippen MR) is 116 cm³/mol. The zero-order valence-electron chi connectivity index (χ0n) is 15.9. The molecule has 2 aromatic carbocycles. The third-order valence-electron chi connectivity index (χ3n) is 5.34. The Morgan fingerprint density at radius 1 is 1.10 bits per heavy atom. The normalized spacial score (nSPS) is 14.9. The molecule has 146 valence electrons. The second kappa shape index (κ2) is 7.81. The molecule has 1 saturated heterocycles. The zero-order chi connectivity index (χ0) is 19.6. The number of nitrogens with zero attached hydrogens (tertiary/aromatic N) is 2. The third kappa shape index (κ3) is 3.69. The standard InChI is InChI=1S/C23H21N3O2S/c27-23(25-19-6-9-28-10-7-19)17-4-5-22-21(13-17)24-15-26(22)20-3-1-2-16(12-20)18-8-11-29-14-18/h1-5,8,11-15,19H,6-7,9-10H2,(H,25,27). The number of carbonyl (C=O) groups excluding carboxylic acids is 1. The average molecular weight is 404 g/mol. The number of amides is 1. The van der Waals surface area contributed by atoms with Gasteiger partial charge in [0.25, 0.3) is 5.91 Å². The Morgan fingerprint density at radius 3 is 2.83 bits per heavy atom. The van der Waals surface area contributed by atoms with Crippen molar-refractivity contribution in [3.63, 3.8) is 0 Å². The first-order valence-corrected chi connectivity index (χ1v) is 10.7. The largest absolute Gasteiger partial charge is 0.381 e. The summed E-state index contributed by atoms with van der Waals surface area (Å²) in [6.45, 7) is 1.41. The van der Waals surface area contributed by atoms with Gasteiger partial charge in [-0.3, -0.25) is 9.36 Å². The van der Waals surface area contributed by atoms with Crippen LogP contribution in [-0.2, 0) is 4.74 Å². The van der Waals surface area contributed by atoms with Crippen molar-refractivity contribution in [1.82, 2.24) is 14.9 Å². The number of nitrogens with one attached hydrogen (secondary N) is 1. The summed E-state index contributed by atoms with van der Waals surface area (Å²) < 4.78 is 7.42. The maximum atomic E-state index is 12.6. The van der Waals surface area contributed by atoms with E-state index in [-0.39, 0.29) is 11.9 Å². The van der Waals surface area contributed by atoms with Gasteiger partial charge in [0.1, 0.15) is 6.33 Å². The van der Waals surface area contributed by atoms with Gasteiger partial charge in [0, 0.05) is 30.5 Å². The number of benzene rings is 2. The highest BCUT2D eigenvalue weighted by Gasteiger charge is 2.18. The molecule has 29 heavy (non-hydrogen) atoms. The second-order valence-corrected chi connectivity index (χ2v) is 8.02. The number of thiophene rings is 1. The fourth-order valence-corrected chi connectivity index (χ4v) is 4.40. The number of hydrogen-bond acceptors (Lipinski definition) is 4. The molecule has 0 spiro atoms. The lowest BCUT2D eigenvalue weighted by atomic mass is 10.1. The quantitative estimate of drug-likeness (QED) is 0.539. The first-order chi connectivity index (χ1) is 14.3. The van der Waals surface area contributed by atoms with Gasteiger partial charge in [-0.25, -0.2) is 4.98 Å². The summed E-state index contributed by atoms with van der Waals surface area (Å²) in [4.78, 5) is 17.2. The molecule has 0 atom stereocenters. The van der Waals surface area contributed by atoms with Crippen molar-refractivity contribution in [2.24, 2.45) is 0 Å². The molecule has 1 fully saturated rings. The van der Waals surface area contributed by atoms with Crippen molar-refractivity contribution < 1.29 is 9.53 Å². The van der Waals surface area contributed by atoms with E-state index in [1.165, 1.54) is 11.1 Å². The van der Waals surface area contributed by atoms with Gasteiger partial charge in [-0.15, -0.1) is 0 Å². The molecule has 1 N–H and O–H groups in total. The summed E-state index contributed by atoms with van der Waals surface area (Å²) >= 11 is 1.69. The molecule has 3 heterocycles. The topological polar surface area (TPSA) is 56.1 Å². The number of imidazole rings is 1. The van der Waals surface area contributed by atoms with E-state index < -0.39 is 0 Å². The van der Waals surface area contributed by atoms with Crippen molar-refractivity contribution in [1.29, 1.82) is 0 Å². The summed E-state index contributed by atoms with van der Waals surface area (Å²) in [5, 5.41) is 7.34. The van der Waals surface area contributed by atoms with E-state index in [4.69, 9.17) is 4.74 Å². The second-order valence-electron chi connectivity index (χ2n) is 7.24. The highest BCUT2D eigenvalue weighted by atomic mass is 32.1. The summed E-state index contributed by atoms with van der Waals surface area (Å²) in [7, 11) is 0. The van der Waals surface area contributed by atoms with Crippen LogP contribution in [0.15, 0.2) is 65.6 Å². The summed E-state index contributed by atoms with van der Waals surface area (Å²) in [5.74, 6) is -0.0483. The molecule has 0 bridgehead atoms. The molecule has 5 nitrogen and oxygen atoms in total. The Kier molecular flexibility index (Phi) is 4.87. The Morgan fingerprint density at radius 2 is 2.00 bits per heavy atom. The SMILES string of the molecule is O=C(NC1CCOCC1)c1ccc2c(c1)ncn2-c1cccc(-c2ccsc2)c1. The van der Waals surface area contributed by atoms with Gasteiger partial charge in [-0.1, -0.05) is 12.1 Å². The minimum Gasteiger partial charge on any atom is -0.381 e. The zero-order valence-corrected chi connectivity index (χ0v) is 16.7. The highest BCUT2D eigenvalue weighted by molar-refractivity contribution is 7.08. The molecule has 0 unspecified atom stereocenters. The molecular formula is C23H21N3O2S. The Hall–Kier alpha value is -2.96. The lowest BCUT2D eigenvalue weighted by molar-refractivity contribution is 0.0696. The van der Waals surface area contributed by atoms with Crippen molar-refractivity contribution in [2.75, 3.05) is 13.2 Å². The third-order valence-corrected chi connectivity index (χ3v) is 6.03. The van der Waals surface area contributed by atoms with Gasteiger partial charge in [0.2, 0.25) is 0 Å². The van der Waals surface area contributed by atoms with Crippen LogP contribution in [0.5, 0.6) is 0 Å². The molecule has 2 aromatic heterocycles. The molecule has 1 aliphatic heterocycles. The summed E-state index contributed by atoms with van der Waals surface area (Å²) in [6.07, 6.45) is 3.55. The van der Waals surface area contributed by atoms with Crippen molar-refractivity contribution in [3.8, 4) is 16.8 Å². The first kappa shape index (κ1) is 18.1. The number of carbonyl (C=O) groups is 1. The van der Waals surface area contributed by atoms with Crippen LogP contribution in [-0.4, -0.2) is 34.7 Å². The van der Waals surface area contributed by atoms with Gasteiger partial charge < -0.3 is 10.1 Å². The highest BCUT2D eigenvalue weighted by Crippen LogP contribution is 2.26. The maximum absolute atomic E-state index is 12.6. The number of rotatable bonds is 4. The average Bonchev–Trinajstić information content (AvgIpc) is 3.44. The van der Waals surface area contributed by atoms with Gasteiger partial charge in [-0.05, 0) is 71.1 Å². The Bertz CT molecular complexity index is 1140. The fourth-order valence-electron chi connectivity index (χ4n) is 3.73. The van der Waals surface area contributed by atoms with E-state index in [0.29, 0.717) is 18.8 Å². The number of fused-ring (bicyclic) bond motifs is 1. The van der Waals surface area contributed by atoms with Crippen LogP contribution in [0.4, 0.5) is 0 Å². The van der Waals surface area contributed by atoms with Gasteiger partial charge in [-0.2, -0.15) is 11.3 Å². The van der Waals surface area contributed by atoms with E-state index in [1.54, 1.807) is 11.3 Å². The lowest BCUT2D eigenvalue weighted by Crippen LogP contribution is -2.38. The van der Waals surface area contributed by atoms with Crippen LogP contribution in [0.3, 0.4) is 0 Å². The van der Waals surface area contributed by atoms with E-state index >= 15 is 0 Å². The van der Waals surface area contributed by atoms with Crippen molar-refractivity contribution in [3.05, 3.63) is 71.2 Å². The molecule has 0 saturated carbocycles. The van der Waals surface area contributed by atoms with Crippen LogP contribution >= 0.6 is 11.3 Å². The first-order valence-electron chi connectivity index (χ1n) is 9.77. The number of ether oxygens (including phenoxy) is 1. The smallest absolute Gasteiger partial charge is 0.251 e. The summed E-state index contributed by atoms with van der Waals surface area (Å²) in [6, 6.07) is 16.4.